The Labute approximate surface area is 228 Å². The van der Waals surface area contributed by atoms with Crippen molar-refractivity contribution >= 4 is 18.0 Å². The second kappa shape index (κ2) is 11.2. The molecule has 3 N–H and O–H groups in total. The molecule has 2 amide bonds. The van der Waals surface area contributed by atoms with Gasteiger partial charge in [0.05, 0.1) is 25.3 Å². The van der Waals surface area contributed by atoms with Gasteiger partial charge in [-0.2, -0.15) is 0 Å². The number of aryl methyl sites for hydroxylation is 1. The van der Waals surface area contributed by atoms with E-state index in [4.69, 9.17) is 9.47 Å². The monoisotopic (exact) mass is 548 g/mol. The van der Waals surface area contributed by atoms with Crippen molar-refractivity contribution in [2.75, 3.05) is 26.4 Å². The largest absolute Gasteiger partial charge is 0.480 e. The Bertz CT molecular complexity index is 1530. The molecule has 0 saturated carbocycles. The van der Waals surface area contributed by atoms with E-state index in [1.54, 1.807) is 0 Å². The molecule has 208 valence electrons. The Morgan fingerprint density at radius 3 is 2.38 bits per heavy atom. The van der Waals surface area contributed by atoms with Crippen LogP contribution in [0.25, 0.3) is 11.1 Å². The zero-order valence-corrected chi connectivity index (χ0v) is 21.7. The number of H-pyrrole nitrogens is 1. The number of ether oxygens (including phenoxy) is 2. The van der Waals surface area contributed by atoms with Crippen LogP contribution in [0.5, 0.6) is 0 Å². The average Bonchev–Trinajstić information content (AvgIpc) is 3.51. The minimum atomic E-state index is -1.27. The van der Waals surface area contributed by atoms with Gasteiger partial charge in [0, 0.05) is 17.7 Å². The van der Waals surface area contributed by atoms with Crippen LogP contribution >= 0.6 is 0 Å². The van der Waals surface area contributed by atoms with E-state index >= 15 is 0 Å². The molecular formula is C28H28N4O8. The Morgan fingerprint density at radius 2 is 1.73 bits per heavy atom. The maximum absolute atomic E-state index is 13.2. The summed E-state index contributed by atoms with van der Waals surface area (Å²) in [6.07, 6.45) is 0.507. The fourth-order valence-corrected chi connectivity index (χ4v) is 5.29. The maximum Gasteiger partial charge on any atom is 0.407 e. The third-order valence-corrected chi connectivity index (χ3v) is 7.22. The molecule has 2 atom stereocenters. The summed E-state index contributed by atoms with van der Waals surface area (Å²) in [7, 11) is 0. The van der Waals surface area contributed by atoms with Crippen molar-refractivity contribution in [2.45, 2.75) is 31.5 Å². The van der Waals surface area contributed by atoms with Gasteiger partial charge in [0.25, 0.3) is 5.56 Å². The molecule has 12 heteroatoms. The molecule has 0 bridgehead atoms. The van der Waals surface area contributed by atoms with Crippen LogP contribution in [0.3, 0.4) is 0 Å². The van der Waals surface area contributed by atoms with E-state index in [0.717, 1.165) is 31.7 Å². The quantitative estimate of drug-likeness (QED) is 0.377. The number of carbonyl (C=O) groups is 3. The molecule has 0 unspecified atom stereocenters. The number of benzene rings is 2. The zero-order chi connectivity index (χ0) is 28.4. The molecule has 1 aromatic heterocycles. The van der Waals surface area contributed by atoms with Crippen molar-refractivity contribution in [1.29, 1.82) is 0 Å². The zero-order valence-electron chi connectivity index (χ0n) is 21.7. The number of aliphatic carboxylic acids is 1. The molecule has 2 heterocycles. The standard InChI is InChI=1S/C28H28N4O8/c1-16-10-31(27(37)30-26(16)36)11-24(33)32(12-25(34)35)23-15-39-14-22(23)29-28(38)40-13-21-19-8-4-2-6-17(19)18-7-3-5-9-20(18)21/h2-10,21-23H,11-15H2,1H3,(H,29,38)(H,34,35)(H,30,36,37)/t22-,23-/m0/s1. The first-order valence-electron chi connectivity index (χ1n) is 12.7. The Kier molecular flexibility index (Phi) is 7.52. The first kappa shape index (κ1) is 26.9. The predicted molar refractivity (Wildman–Crippen MR) is 142 cm³/mol. The summed E-state index contributed by atoms with van der Waals surface area (Å²) in [5.74, 6) is -2.10. The van der Waals surface area contributed by atoms with E-state index < -0.39 is 54.4 Å². The minimum Gasteiger partial charge on any atom is -0.480 e. The van der Waals surface area contributed by atoms with Crippen LogP contribution in [-0.4, -0.2) is 76.0 Å². The third kappa shape index (κ3) is 5.38. The number of aromatic nitrogens is 2. The van der Waals surface area contributed by atoms with Crippen LogP contribution in [0.15, 0.2) is 64.3 Å². The first-order valence-corrected chi connectivity index (χ1v) is 12.7. The summed E-state index contributed by atoms with van der Waals surface area (Å²) in [6, 6.07) is 14.3. The number of fused-ring (bicyclic) bond motifs is 3. The SMILES string of the molecule is Cc1cn(CC(=O)N(CC(=O)O)[C@H]2COC[C@@H]2NC(=O)OCC2c3ccccc3-c3ccccc32)c(=O)[nH]c1=O. The molecule has 0 spiro atoms. The van der Waals surface area contributed by atoms with Crippen LogP contribution in [-0.2, 0) is 25.6 Å². The summed E-state index contributed by atoms with van der Waals surface area (Å²) >= 11 is 0. The van der Waals surface area contributed by atoms with E-state index in [2.05, 4.69) is 10.3 Å². The predicted octanol–water partition coefficient (Wildman–Crippen LogP) is 1.06. The second-order valence-corrected chi connectivity index (χ2v) is 9.80. The van der Waals surface area contributed by atoms with Gasteiger partial charge in [-0.25, -0.2) is 9.59 Å². The van der Waals surface area contributed by atoms with E-state index in [-0.39, 0.29) is 31.3 Å². The molecule has 2 aromatic carbocycles. The highest BCUT2D eigenvalue weighted by atomic mass is 16.5. The van der Waals surface area contributed by atoms with Crippen LogP contribution in [0.2, 0.25) is 0 Å². The van der Waals surface area contributed by atoms with Crippen LogP contribution in [0, 0.1) is 6.92 Å². The van der Waals surface area contributed by atoms with Gasteiger partial charge in [0.1, 0.15) is 19.7 Å². The molecule has 1 aliphatic heterocycles. The number of nitrogens with one attached hydrogen (secondary N) is 2. The molecule has 1 aliphatic carbocycles. The number of aromatic amines is 1. The summed E-state index contributed by atoms with van der Waals surface area (Å²) in [5.41, 5.74) is 3.15. The van der Waals surface area contributed by atoms with Crippen molar-refractivity contribution in [3.63, 3.8) is 0 Å². The van der Waals surface area contributed by atoms with Gasteiger partial charge in [0.15, 0.2) is 0 Å². The van der Waals surface area contributed by atoms with Crippen LogP contribution < -0.4 is 16.6 Å². The van der Waals surface area contributed by atoms with Gasteiger partial charge in [-0.15, -0.1) is 0 Å². The normalized spacial score (nSPS) is 17.6. The van der Waals surface area contributed by atoms with Crippen molar-refractivity contribution < 1.29 is 29.0 Å². The van der Waals surface area contributed by atoms with E-state index in [0.29, 0.717) is 0 Å². The molecule has 12 nitrogen and oxygen atoms in total. The Hall–Kier alpha value is -4.71. The lowest BCUT2D eigenvalue weighted by atomic mass is 9.98. The minimum absolute atomic E-state index is 0.0209. The fourth-order valence-electron chi connectivity index (χ4n) is 5.29. The number of rotatable bonds is 8. The number of nitrogens with zero attached hydrogens (tertiary/aromatic N) is 2. The first-order chi connectivity index (χ1) is 19.2. The highest BCUT2D eigenvalue weighted by molar-refractivity contribution is 5.82. The number of hydrogen-bond acceptors (Lipinski definition) is 7. The van der Waals surface area contributed by atoms with Gasteiger partial charge in [-0.1, -0.05) is 48.5 Å². The van der Waals surface area contributed by atoms with E-state index in [1.165, 1.54) is 13.1 Å². The molecule has 2 aliphatic rings. The molecule has 5 rings (SSSR count). The number of amides is 2. The summed E-state index contributed by atoms with van der Waals surface area (Å²) in [6.45, 7) is 0.408. The number of hydrogen-bond donors (Lipinski definition) is 3. The topological polar surface area (TPSA) is 160 Å². The van der Waals surface area contributed by atoms with Gasteiger partial charge in [-0.05, 0) is 29.2 Å². The van der Waals surface area contributed by atoms with Gasteiger partial charge in [-0.3, -0.25) is 23.9 Å². The fraction of sp³-hybridized carbons (Fsp3) is 0.321. The van der Waals surface area contributed by atoms with Crippen molar-refractivity contribution in [2.24, 2.45) is 0 Å². The molecular weight excluding hydrogens is 520 g/mol. The summed E-state index contributed by atoms with van der Waals surface area (Å²) in [5, 5.41) is 12.2. The second-order valence-electron chi connectivity index (χ2n) is 9.80. The number of carbonyl (C=O) groups excluding carboxylic acids is 2. The van der Waals surface area contributed by atoms with Gasteiger partial charge in [0.2, 0.25) is 5.91 Å². The molecule has 3 aromatic rings. The van der Waals surface area contributed by atoms with Crippen LogP contribution in [0.4, 0.5) is 4.79 Å². The number of carboxylic acid groups (broad SMARTS) is 1. The molecule has 1 fully saturated rings. The highest BCUT2D eigenvalue weighted by Crippen LogP contribution is 2.44. The lowest BCUT2D eigenvalue weighted by molar-refractivity contribution is -0.146. The summed E-state index contributed by atoms with van der Waals surface area (Å²) in [4.78, 5) is 64.6. The Morgan fingerprint density at radius 1 is 1.07 bits per heavy atom. The van der Waals surface area contributed by atoms with E-state index in [9.17, 15) is 29.1 Å². The Balaban J connectivity index is 1.27. The lowest BCUT2D eigenvalue weighted by Crippen LogP contribution is -2.55. The van der Waals surface area contributed by atoms with Gasteiger partial charge < -0.3 is 24.8 Å². The smallest absolute Gasteiger partial charge is 0.407 e. The van der Waals surface area contributed by atoms with Crippen molar-refractivity contribution in [3.8, 4) is 11.1 Å². The third-order valence-electron chi connectivity index (χ3n) is 7.22. The summed E-state index contributed by atoms with van der Waals surface area (Å²) < 4.78 is 12.1. The lowest BCUT2D eigenvalue weighted by Gasteiger charge is -2.31. The van der Waals surface area contributed by atoms with E-state index in [1.807, 2.05) is 48.5 Å². The average molecular weight is 549 g/mol. The van der Waals surface area contributed by atoms with Crippen molar-refractivity contribution in [1.82, 2.24) is 19.8 Å². The number of alkyl carbamates (subject to hydrolysis) is 1. The van der Waals surface area contributed by atoms with Crippen LogP contribution in [0.1, 0.15) is 22.6 Å². The van der Waals surface area contributed by atoms with Crippen molar-refractivity contribution in [3.05, 3.63) is 92.3 Å². The highest BCUT2D eigenvalue weighted by Gasteiger charge is 2.38. The molecule has 40 heavy (non-hydrogen) atoms. The molecule has 1 saturated heterocycles. The van der Waals surface area contributed by atoms with Gasteiger partial charge >= 0.3 is 17.8 Å². The number of carboxylic acids is 1. The molecule has 0 radical (unpaired) electrons. The maximum atomic E-state index is 13.2.